The molecule has 0 aliphatic carbocycles. The number of hydrogen-bond acceptors (Lipinski definition) is 7. The molecule has 0 aromatic carbocycles. The van der Waals surface area contributed by atoms with E-state index in [0.29, 0.717) is 23.9 Å². The molecule has 338 valence electrons. The Balaban J connectivity index is 4.39. The number of nitrogens with zero attached hydrogens (tertiary/aromatic N) is 1. The minimum absolute atomic E-state index is 0.0232. The molecule has 0 aliphatic rings. The van der Waals surface area contributed by atoms with Crippen molar-refractivity contribution in [2.24, 2.45) is 0 Å². The van der Waals surface area contributed by atoms with Gasteiger partial charge >= 0.3 is 19.8 Å². The zero-order valence-corrected chi connectivity index (χ0v) is 38.9. The third-order valence-corrected chi connectivity index (χ3v) is 10.8. The van der Waals surface area contributed by atoms with Crippen LogP contribution in [0.25, 0.3) is 0 Å². The molecule has 10 heteroatoms. The molecule has 0 radical (unpaired) electrons. The van der Waals surface area contributed by atoms with Gasteiger partial charge in [0, 0.05) is 12.8 Å². The van der Waals surface area contributed by atoms with Crippen LogP contribution in [0.4, 0.5) is 0 Å². The lowest BCUT2D eigenvalue weighted by Crippen LogP contribution is -2.37. The molecule has 1 unspecified atom stereocenters. The molecule has 0 rings (SSSR count). The summed E-state index contributed by atoms with van der Waals surface area (Å²) < 4.78 is 34.3. The van der Waals surface area contributed by atoms with E-state index in [1.54, 1.807) is 0 Å². The summed E-state index contributed by atoms with van der Waals surface area (Å²) in [7, 11) is 1.45. The van der Waals surface area contributed by atoms with Gasteiger partial charge in [-0.05, 0) is 51.4 Å². The SMILES string of the molecule is CCCCCCCCC/C=C/C/C=C/C/C=C/C/C=C/CCCC(=O)OC[C@@H](COP(=O)(O)OCC[N+](C)(C)C)OC(=O)CCCCCCCCCCCCCCC. The molecule has 58 heavy (non-hydrogen) atoms. The summed E-state index contributed by atoms with van der Waals surface area (Å²) in [6.45, 7) is 4.36. The van der Waals surface area contributed by atoms with Gasteiger partial charge in [-0.15, -0.1) is 0 Å². The molecule has 0 bridgehead atoms. The van der Waals surface area contributed by atoms with Gasteiger partial charge in [0.25, 0.3) is 0 Å². The molecule has 0 aliphatic heterocycles. The molecule has 9 nitrogen and oxygen atoms in total. The van der Waals surface area contributed by atoms with Gasteiger partial charge in [-0.1, -0.05) is 178 Å². The van der Waals surface area contributed by atoms with Crippen molar-refractivity contribution in [2.75, 3.05) is 47.5 Å². The number of carbonyl (C=O) groups excluding carboxylic acids is 2. The average molecular weight is 839 g/mol. The fourth-order valence-electron chi connectivity index (χ4n) is 6.18. The first kappa shape index (κ1) is 56.0. The number of carbonyl (C=O) groups is 2. The summed E-state index contributed by atoms with van der Waals surface area (Å²) in [6, 6.07) is 0. The highest BCUT2D eigenvalue weighted by Gasteiger charge is 2.27. The summed E-state index contributed by atoms with van der Waals surface area (Å²) in [5, 5.41) is 0. The highest BCUT2D eigenvalue weighted by atomic mass is 31.2. The van der Waals surface area contributed by atoms with Crippen LogP contribution in [-0.4, -0.2) is 74.9 Å². The van der Waals surface area contributed by atoms with Crippen molar-refractivity contribution in [2.45, 2.75) is 200 Å². The molecule has 0 saturated carbocycles. The molecule has 0 amide bonds. The number of ether oxygens (including phenoxy) is 2. The van der Waals surface area contributed by atoms with E-state index < -0.39 is 32.5 Å². The van der Waals surface area contributed by atoms with Crippen LogP contribution in [0.5, 0.6) is 0 Å². The van der Waals surface area contributed by atoms with Crippen LogP contribution >= 0.6 is 7.82 Å². The molecule has 0 saturated heterocycles. The summed E-state index contributed by atoms with van der Waals surface area (Å²) in [6.07, 6.45) is 47.4. The monoisotopic (exact) mass is 839 g/mol. The maximum Gasteiger partial charge on any atom is 0.472 e. The number of quaternary nitrogens is 1. The molecule has 0 aromatic rings. The number of rotatable bonds is 42. The van der Waals surface area contributed by atoms with E-state index in [2.05, 4.69) is 62.5 Å². The second-order valence-corrected chi connectivity index (χ2v) is 18.2. The Kier molecular flexibility index (Phi) is 39.0. The lowest BCUT2D eigenvalue weighted by Gasteiger charge is -2.24. The van der Waals surface area contributed by atoms with Gasteiger partial charge in [-0.2, -0.15) is 0 Å². The predicted molar refractivity (Wildman–Crippen MR) is 243 cm³/mol. The Hall–Kier alpha value is -2.03. The van der Waals surface area contributed by atoms with Gasteiger partial charge < -0.3 is 18.9 Å². The zero-order chi connectivity index (χ0) is 42.8. The Bertz CT molecular complexity index is 1130. The van der Waals surface area contributed by atoms with Crippen molar-refractivity contribution in [3.63, 3.8) is 0 Å². The van der Waals surface area contributed by atoms with E-state index in [1.807, 2.05) is 21.1 Å². The van der Waals surface area contributed by atoms with Crippen molar-refractivity contribution in [1.29, 1.82) is 0 Å². The first-order chi connectivity index (χ1) is 28.0. The quantitative estimate of drug-likeness (QED) is 0.0213. The molecular weight excluding hydrogens is 750 g/mol. The van der Waals surface area contributed by atoms with E-state index in [0.717, 1.165) is 38.5 Å². The number of hydrogen-bond donors (Lipinski definition) is 1. The molecular formula is C48H89NO8P+. The highest BCUT2D eigenvalue weighted by molar-refractivity contribution is 7.47. The summed E-state index contributed by atoms with van der Waals surface area (Å²) in [4.78, 5) is 35.4. The Labute approximate surface area is 356 Å². The first-order valence-electron chi connectivity index (χ1n) is 23.4. The van der Waals surface area contributed by atoms with Crippen LogP contribution in [-0.2, 0) is 32.7 Å². The average Bonchev–Trinajstić information content (AvgIpc) is 3.17. The number of phosphoric ester groups is 1. The number of phosphoric acid groups is 1. The van der Waals surface area contributed by atoms with Crippen molar-refractivity contribution < 1.29 is 42.1 Å². The molecule has 0 fully saturated rings. The van der Waals surface area contributed by atoms with Gasteiger partial charge in [0.2, 0.25) is 0 Å². The van der Waals surface area contributed by atoms with Crippen molar-refractivity contribution >= 4 is 19.8 Å². The lowest BCUT2D eigenvalue weighted by molar-refractivity contribution is -0.870. The number of allylic oxidation sites excluding steroid dienone is 8. The number of unbranched alkanes of at least 4 members (excludes halogenated alkanes) is 20. The molecule has 2 atom stereocenters. The van der Waals surface area contributed by atoms with Gasteiger partial charge in [-0.3, -0.25) is 18.6 Å². The smallest absolute Gasteiger partial charge is 0.462 e. The second-order valence-electron chi connectivity index (χ2n) is 16.8. The molecule has 0 spiro atoms. The van der Waals surface area contributed by atoms with Gasteiger partial charge in [0.15, 0.2) is 6.10 Å². The van der Waals surface area contributed by atoms with Crippen LogP contribution in [0.15, 0.2) is 48.6 Å². The minimum Gasteiger partial charge on any atom is -0.462 e. The minimum atomic E-state index is -4.39. The van der Waals surface area contributed by atoms with Crippen molar-refractivity contribution in [1.82, 2.24) is 0 Å². The van der Waals surface area contributed by atoms with Crippen LogP contribution in [0, 0.1) is 0 Å². The largest absolute Gasteiger partial charge is 0.472 e. The third-order valence-electron chi connectivity index (χ3n) is 9.86. The van der Waals surface area contributed by atoms with E-state index in [-0.39, 0.29) is 26.1 Å². The topological polar surface area (TPSA) is 108 Å². The molecule has 1 N–H and O–H groups in total. The van der Waals surface area contributed by atoms with Crippen LogP contribution in [0.2, 0.25) is 0 Å². The van der Waals surface area contributed by atoms with Crippen LogP contribution in [0.1, 0.15) is 194 Å². The second kappa shape index (κ2) is 40.4. The lowest BCUT2D eigenvalue weighted by atomic mass is 10.0. The Morgan fingerprint density at radius 1 is 0.534 bits per heavy atom. The van der Waals surface area contributed by atoms with E-state index >= 15 is 0 Å². The van der Waals surface area contributed by atoms with Crippen molar-refractivity contribution in [3.05, 3.63) is 48.6 Å². The zero-order valence-electron chi connectivity index (χ0n) is 38.0. The normalized spacial score (nSPS) is 14.0. The first-order valence-corrected chi connectivity index (χ1v) is 24.9. The highest BCUT2D eigenvalue weighted by Crippen LogP contribution is 2.43. The van der Waals surface area contributed by atoms with E-state index in [9.17, 15) is 19.0 Å². The fraction of sp³-hybridized carbons (Fsp3) is 0.792. The van der Waals surface area contributed by atoms with Crippen LogP contribution in [0.3, 0.4) is 0 Å². The van der Waals surface area contributed by atoms with Gasteiger partial charge in [0.05, 0.1) is 27.7 Å². The van der Waals surface area contributed by atoms with E-state index in [1.165, 1.54) is 116 Å². The third kappa shape index (κ3) is 43.5. The molecule has 0 heterocycles. The van der Waals surface area contributed by atoms with E-state index in [4.69, 9.17) is 18.5 Å². The predicted octanol–water partition coefficient (Wildman–Crippen LogP) is 13.5. The maximum absolute atomic E-state index is 12.7. The maximum atomic E-state index is 12.7. The van der Waals surface area contributed by atoms with Crippen molar-refractivity contribution in [3.8, 4) is 0 Å². The van der Waals surface area contributed by atoms with Crippen LogP contribution < -0.4 is 0 Å². The van der Waals surface area contributed by atoms with Gasteiger partial charge in [0.1, 0.15) is 19.8 Å². The summed E-state index contributed by atoms with van der Waals surface area (Å²) in [5.41, 5.74) is 0. The summed E-state index contributed by atoms with van der Waals surface area (Å²) >= 11 is 0. The Morgan fingerprint density at radius 2 is 0.948 bits per heavy atom. The van der Waals surface area contributed by atoms with Gasteiger partial charge in [-0.25, -0.2) is 4.57 Å². The fourth-order valence-corrected chi connectivity index (χ4v) is 6.92. The Morgan fingerprint density at radius 3 is 1.43 bits per heavy atom. The summed E-state index contributed by atoms with van der Waals surface area (Å²) in [5.74, 6) is -0.861. The number of likely N-dealkylation sites (N-methyl/N-ethyl adjacent to an activating group) is 1. The number of esters is 2. The standard InChI is InChI=1S/C48H88NO8P/c1-6-8-10-12-14-16-18-20-21-22-23-24-25-26-27-29-30-32-34-36-38-40-47(50)54-44-46(45-56-58(52,53)55-43-42-49(3,4)5)57-48(51)41-39-37-35-33-31-28-19-17-15-13-11-9-7-2/h21-22,24-25,27,29,32,34,46H,6-20,23,26,28,30-31,33,35-45H2,1-5H3/p+1/b22-21+,25-24+,29-27+,34-32+/t46-/m0/s1. The molecule has 0 aromatic heterocycles.